The third-order valence-electron chi connectivity index (χ3n) is 7.18. The van der Waals surface area contributed by atoms with Crippen LogP contribution in [0.5, 0.6) is 0 Å². The van der Waals surface area contributed by atoms with Crippen molar-refractivity contribution in [1.82, 2.24) is 15.3 Å². The average Bonchev–Trinajstić information content (AvgIpc) is 3.64. The highest BCUT2D eigenvalue weighted by molar-refractivity contribution is 7.99. The number of carbonyl (C=O) groups excluding carboxylic acids is 2. The Bertz CT molecular complexity index is 1650. The minimum absolute atomic E-state index is 0.00523. The largest absolute Gasteiger partial charge is 0.449 e. The van der Waals surface area contributed by atoms with Crippen LogP contribution in [0.15, 0.2) is 107 Å². The number of aryl methyl sites for hydroxylation is 1. The van der Waals surface area contributed by atoms with Crippen molar-refractivity contribution in [2.45, 2.75) is 29.3 Å². The summed E-state index contributed by atoms with van der Waals surface area (Å²) in [6.07, 6.45) is 5.83. The average molecular weight is 546 g/mol. The number of nitrogens with zero attached hydrogens (tertiary/aromatic N) is 1. The van der Waals surface area contributed by atoms with E-state index in [9.17, 15) is 9.59 Å². The van der Waals surface area contributed by atoms with E-state index in [1.165, 1.54) is 34.0 Å². The molecule has 7 heteroatoms. The van der Waals surface area contributed by atoms with Crippen molar-refractivity contribution >= 4 is 24.1 Å². The summed E-state index contributed by atoms with van der Waals surface area (Å²) in [5.74, 6) is -0.00523. The first kappa shape index (κ1) is 25.6. The summed E-state index contributed by atoms with van der Waals surface area (Å²) >= 11 is 1.43. The SMILES string of the molecule is Cc1cc(-c2cc[nH]c2)cc(CNC(=O)OCC2c3ccccc3-c3ccccc32)c1Sc1ncccc1C=O. The Hall–Kier alpha value is -4.62. The molecule has 6 nitrogen and oxygen atoms in total. The predicted octanol–water partition coefficient (Wildman–Crippen LogP) is 7.39. The molecule has 0 fully saturated rings. The highest BCUT2D eigenvalue weighted by Gasteiger charge is 2.29. The molecule has 1 aliphatic carbocycles. The molecule has 1 amide bonds. The van der Waals surface area contributed by atoms with Crippen molar-refractivity contribution in [2.75, 3.05) is 6.61 Å². The molecule has 0 radical (unpaired) electrons. The lowest BCUT2D eigenvalue weighted by molar-refractivity contribution is 0.112. The van der Waals surface area contributed by atoms with Gasteiger partial charge >= 0.3 is 6.09 Å². The third-order valence-corrected chi connectivity index (χ3v) is 8.50. The maximum Gasteiger partial charge on any atom is 0.407 e. The predicted molar refractivity (Wildman–Crippen MR) is 157 cm³/mol. The Balaban J connectivity index is 1.22. The number of pyridine rings is 1. The fraction of sp³-hybridized carbons (Fsp3) is 0.121. The topological polar surface area (TPSA) is 84.1 Å². The number of benzene rings is 3. The van der Waals surface area contributed by atoms with Crippen LogP contribution in [0.25, 0.3) is 22.3 Å². The zero-order valence-corrected chi connectivity index (χ0v) is 22.7. The van der Waals surface area contributed by atoms with Crippen molar-refractivity contribution in [1.29, 1.82) is 0 Å². The quantitative estimate of drug-likeness (QED) is 0.199. The van der Waals surface area contributed by atoms with Gasteiger partial charge in [-0.05, 0) is 75.7 Å². The van der Waals surface area contributed by atoms with Gasteiger partial charge in [-0.2, -0.15) is 0 Å². The van der Waals surface area contributed by atoms with Crippen molar-refractivity contribution in [3.63, 3.8) is 0 Å². The van der Waals surface area contributed by atoms with Crippen molar-refractivity contribution in [3.05, 3.63) is 125 Å². The number of alkyl carbamates (subject to hydrolysis) is 1. The summed E-state index contributed by atoms with van der Waals surface area (Å²) in [4.78, 5) is 33.0. The number of aromatic nitrogens is 2. The fourth-order valence-electron chi connectivity index (χ4n) is 5.29. The number of nitrogens with one attached hydrogen (secondary N) is 2. The van der Waals surface area contributed by atoms with Gasteiger partial charge in [-0.3, -0.25) is 4.79 Å². The van der Waals surface area contributed by atoms with E-state index in [0.29, 0.717) is 10.6 Å². The number of ether oxygens (including phenoxy) is 1. The molecule has 3 aromatic carbocycles. The molecule has 0 aliphatic heterocycles. The molecular weight excluding hydrogens is 518 g/mol. The Labute approximate surface area is 236 Å². The zero-order valence-electron chi connectivity index (χ0n) is 21.9. The molecule has 6 rings (SSSR count). The van der Waals surface area contributed by atoms with Crippen LogP contribution in [-0.2, 0) is 11.3 Å². The lowest BCUT2D eigenvalue weighted by atomic mass is 9.98. The number of amides is 1. The van der Waals surface area contributed by atoms with E-state index >= 15 is 0 Å². The standard InChI is InChI=1S/C33H27N3O3S/c1-21-15-24(22-12-14-34-17-22)16-25(31(21)40-32-23(19-37)7-6-13-35-32)18-36-33(38)39-20-30-28-10-4-2-8-26(28)27-9-3-5-11-29(27)30/h2-17,19,30,34H,18,20H2,1H3,(H,36,38). The Kier molecular flexibility index (Phi) is 7.21. The molecule has 0 spiro atoms. The number of H-pyrrole nitrogens is 1. The summed E-state index contributed by atoms with van der Waals surface area (Å²) < 4.78 is 5.77. The van der Waals surface area contributed by atoms with Gasteiger partial charge in [0.15, 0.2) is 6.29 Å². The minimum atomic E-state index is -0.478. The lowest BCUT2D eigenvalue weighted by Gasteiger charge is -2.17. The highest BCUT2D eigenvalue weighted by Crippen LogP contribution is 2.44. The molecule has 0 saturated heterocycles. The second kappa shape index (κ2) is 11.2. The molecule has 1 aliphatic rings. The van der Waals surface area contributed by atoms with Gasteiger partial charge in [0, 0.05) is 41.5 Å². The lowest BCUT2D eigenvalue weighted by Crippen LogP contribution is -2.26. The van der Waals surface area contributed by atoms with Crippen LogP contribution in [0, 0.1) is 6.92 Å². The summed E-state index contributed by atoms with van der Waals surface area (Å²) in [6.45, 7) is 2.54. The zero-order chi connectivity index (χ0) is 27.5. The molecule has 40 heavy (non-hydrogen) atoms. The van der Waals surface area contributed by atoms with Crippen LogP contribution in [0.2, 0.25) is 0 Å². The first-order valence-electron chi connectivity index (χ1n) is 13.1. The Morgan fingerprint density at radius 3 is 2.45 bits per heavy atom. The van der Waals surface area contributed by atoms with Gasteiger partial charge in [0.1, 0.15) is 11.6 Å². The van der Waals surface area contributed by atoms with Gasteiger partial charge in [0.25, 0.3) is 0 Å². The minimum Gasteiger partial charge on any atom is -0.449 e. The summed E-state index contributed by atoms with van der Waals surface area (Å²) in [7, 11) is 0. The van der Waals surface area contributed by atoms with Crippen molar-refractivity contribution < 1.29 is 14.3 Å². The fourth-order valence-corrected chi connectivity index (χ4v) is 6.31. The smallest absolute Gasteiger partial charge is 0.407 e. The summed E-state index contributed by atoms with van der Waals surface area (Å²) in [5.41, 5.74) is 9.27. The monoisotopic (exact) mass is 545 g/mol. The van der Waals surface area contributed by atoms with E-state index in [2.05, 4.69) is 51.7 Å². The molecule has 2 N–H and O–H groups in total. The molecule has 0 saturated carbocycles. The van der Waals surface area contributed by atoms with E-state index in [4.69, 9.17) is 4.74 Å². The highest BCUT2D eigenvalue weighted by atomic mass is 32.2. The molecule has 0 unspecified atom stereocenters. The normalized spacial score (nSPS) is 12.0. The summed E-state index contributed by atoms with van der Waals surface area (Å²) in [6, 6.07) is 26.2. The van der Waals surface area contributed by atoms with Crippen molar-refractivity contribution in [2.24, 2.45) is 0 Å². The Morgan fingerprint density at radius 2 is 1.75 bits per heavy atom. The van der Waals surface area contributed by atoms with Crippen LogP contribution >= 0.6 is 11.8 Å². The van der Waals surface area contributed by atoms with Crippen LogP contribution < -0.4 is 5.32 Å². The number of hydrogen-bond acceptors (Lipinski definition) is 5. The van der Waals surface area contributed by atoms with Crippen molar-refractivity contribution in [3.8, 4) is 22.3 Å². The number of rotatable bonds is 8. The van der Waals surface area contributed by atoms with Gasteiger partial charge < -0.3 is 15.0 Å². The van der Waals surface area contributed by atoms with Crippen LogP contribution in [-0.4, -0.2) is 29.0 Å². The maximum absolute atomic E-state index is 13.0. The Morgan fingerprint density at radius 1 is 1.00 bits per heavy atom. The van der Waals surface area contributed by atoms with Crippen LogP contribution in [0.3, 0.4) is 0 Å². The molecule has 198 valence electrons. The van der Waals surface area contributed by atoms with Gasteiger partial charge in [-0.1, -0.05) is 66.4 Å². The van der Waals surface area contributed by atoms with E-state index in [-0.39, 0.29) is 19.1 Å². The van der Waals surface area contributed by atoms with E-state index in [1.807, 2.05) is 49.6 Å². The number of aromatic amines is 1. The molecular formula is C33H27N3O3S. The molecule has 2 heterocycles. The van der Waals surface area contributed by atoms with E-state index in [1.54, 1.807) is 18.3 Å². The molecule has 5 aromatic rings. The third kappa shape index (κ3) is 5.03. The van der Waals surface area contributed by atoms with Gasteiger partial charge in [0.2, 0.25) is 0 Å². The molecule has 0 bridgehead atoms. The van der Waals surface area contributed by atoms with Gasteiger partial charge in [-0.25, -0.2) is 9.78 Å². The second-order valence-corrected chi connectivity index (χ2v) is 10.7. The summed E-state index contributed by atoms with van der Waals surface area (Å²) in [5, 5.41) is 3.58. The number of hydrogen-bond donors (Lipinski definition) is 2. The van der Waals surface area contributed by atoms with Gasteiger partial charge in [-0.15, -0.1) is 0 Å². The number of carbonyl (C=O) groups is 2. The number of aldehydes is 1. The second-order valence-electron chi connectivity index (χ2n) is 9.68. The molecule has 2 aromatic heterocycles. The van der Waals surface area contributed by atoms with E-state index in [0.717, 1.165) is 33.4 Å². The van der Waals surface area contributed by atoms with Crippen LogP contribution in [0.1, 0.15) is 38.5 Å². The van der Waals surface area contributed by atoms with Crippen LogP contribution in [0.4, 0.5) is 4.79 Å². The maximum atomic E-state index is 13.0. The van der Waals surface area contributed by atoms with Gasteiger partial charge in [0.05, 0.1) is 0 Å². The molecule has 0 atom stereocenters. The number of fused-ring (bicyclic) bond motifs is 3. The van der Waals surface area contributed by atoms with E-state index < -0.39 is 6.09 Å². The first-order chi connectivity index (χ1) is 19.6. The first-order valence-corrected chi connectivity index (χ1v) is 13.9.